The quantitative estimate of drug-likeness (QED) is 0.902. The summed E-state index contributed by atoms with van der Waals surface area (Å²) < 4.78 is 0. The largest absolute Gasteiger partial charge is 0.373 e. The maximum absolute atomic E-state index is 4.51. The first-order chi connectivity index (χ1) is 9.71. The third kappa shape index (κ3) is 2.74. The summed E-state index contributed by atoms with van der Waals surface area (Å²) in [5.74, 6) is 1.89. The molecule has 106 valence electrons. The van der Waals surface area contributed by atoms with Gasteiger partial charge in [0.2, 0.25) is 0 Å². The maximum atomic E-state index is 4.51. The second-order valence-corrected chi connectivity index (χ2v) is 4.71. The lowest BCUT2D eigenvalue weighted by molar-refractivity contribution is 0.940. The molecule has 1 N–H and O–H groups in total. The molecule has 1 aromatic heterocycles. The number of anilines is 3. The molecule has 4 nitrogen and oxygen atoms in total. The van der Waals surface area contributed by atoms with Crippen LogP contribution in [0, 0.1) is 6.92 Å². The minimum Gasteiger partial charge on any atom is -0.373 e. The van der Waals surface area contributed by atoms with E-state index in [-0.39, 0.29) is 0 Å². The maximum Gasteiger partial charge on any atom is 0.141 e. The van der Waals surface area contributed by atoms with Crippen molar-refractivity contribution in [3.8, 4) is 0 Å². The van der Waals surface area contributed by atoms with E-state index < -0.39 is 0 Å². The van der Waals surface area contributed by atoms with Gasteiger partial charge in [0.1, 0.15) is 18.0 Å². The number of aryl methyl sites for hydroxylation is 1. The Morgan fingerprint density at radius 1 is 1.20 bits per heavy atom. The summed E-state index contributed by atoms with van der Waals surface area (Å²) >= 11 is 0. The third-order valence-corrected chi connectivity index (χ3v) is 3.40. The van der Waals surface area contributed by atoms with Crippen LogP contribution in [0.1, 0.15) is 25.0 Å². The van der Waals surface area contributed by atoms with E-state index in [1.807, 2.05) is 7.05 Å². The van der Waals surface area contributed by atoms with Crippen molar-refractivity contribution in [2.45, 2.75) is 27.2 Å². The minimum absolute atomic E-state index is 0.872. The van der Waals surface area contributed by atoms with Gasteiger partial charge in [-0.2, -0.15) is 0 Å². The summed E-state index contributed by atoms with van der Waals surface area (Å²) in [5.41, 5.74) is 3.57. The van der Waals surface area contributed by atoms with E-state index in [0.717, 1.165) is 30.2 Å². The average Bonchev–Trinajstić information content (AvgIpc) is 2.47. The molecule has 0 aliphatic rings. The highest BCUT2D eigenvalue weighted by Crippen LogP contribution is 2.30. The topological polar surface area (TPSA) is 41.1 Å². The highest BCUT2D eigenvalue weighted by Gasteiger charge is 2.16. The Labute approximate surface area is 120 Å². The van der Waals surface area contributed by atoms with E-state index in [9.17, 15) is 0 Å². The summed E-state index contributed by atoms with van der Waals surface area (Å²) in [4.78, 5) is 11.0. The van der Waals surface area contributed by atoms with Gasteiger partial charge in [0.25, 0.3) is 0 Å². The van der Waals surface area contributed by atoms with Crippen LogP contribution in [-0.4, -0.2) is 23.6 Å². The van der Waals surface area contributed by atoms with Gasteiger partial charge in [-0.05, 0) is 38.0 Å². The molecule has 4 heteroatoms. The van der Waals surface area contributed by atoms with Gasteiger partial charge in [0.05, 0.1) is 0 Å². The molecule has 2 rings (SSSR count). The molecule has 0 spiro atoms. The highest BCUT2D eigenvalue weighted by atomic mass is 15.2. The van der Waals surface area contributed by atoms with Crippen LogP contribution < -0.4 is 10.2 Å². The van der Waals surface area contributed by atoms with Gasteiger partial charge in [-0.1, -0.05) is 19.1 Å². The minimum atomic E-state index is 0.872. The molecule has 0 bridgehead atoms. The lowest BCUT2D eigenvalue weighted by atomic mass is 10.1. The number of nitrogens with one attached hydrogen (secondary N) is 1. The molecule has 0 radical (unpaired) electrons. The van der Waals surface area contributed by atoms with E-state index in [1.165, 1.54) is 11.3 Å². The molecule has 1 aromatic carbocycles. The van der Waals surface area contributed by atoms with Gasteiger partial charge in [-0.3, -0.25) is 0 Å². The molecular weight excluding hydrogens is 248 g/mol. The third-order valence-electron chi connectivity index (χ3n) is 3.40. The molecule has 0 atom stereocenters. The Balaban J connectivity index is 2.52. The molecule has 1 heterocycles. The second-order valence-electron chi connectivity index (χ2n) is 4.71. The number of hydrogen-bond acceptors (Lipinski definition) is 4. The van der Waals surface area contributed by atoms with E-state index in [0.29, 0.717) is 0 Å². The predicted octanol–water partition coefficient (Wildman–Crippen LogP) is 3.55. The van der Waals surface area contributed by atoms with Gasteiger partial charge in [-0.25, -0.2) is 9.97 Å². The number of benzene rings is 1. The zero-order valence-corrected chi connectivity index (χ0v) is 12.6. The first-order valence-corrected chi connectivity index (χ1v) is 7.07. The lowest BCUT2D eigenvalue weighted by Crippen LogP contribution is -2.20. The van der Waals surface area contributed by atoms with Crippen molar-refractivity contribution in [1.29, 1.82) is 0 Å². The first kappa shape index (κ1) is 14.3. The summed E-state index contributed by atoms with van der Waals surface area (Å²) in [6.07, 6.45) is 2.52. The van der Waals surface area contributed by atoms with E-state index in [1.54, 1.807) is 6.33 Å². The lowest BCUT2D eigenvalue weighted by Gasteiger charge is -2.25. The number of nitrogens with zero attached hydrogens (tertiary/aromatic N) is 3. The van der Waals surface area contributed by atoms with Crippen molar-refractivity contribution in [1.82, 2.24) is 9.97 Å². The second kappa shape index (κ2) is 6.37. The van der Waals surface area contributed by atoms with Crippen LogP contribution in [0.5, 0.6) is 0 Å². The molecule has 0 saturated carbocycles. The Morgan fingerprint density at radius 2 is 2.00 bits per heavy atom. The fraction of sp³-hybridized carbons (Fsp3) is 0.375. The van der Waals surface area contributed by atoms with Crippen molar-refractivity contribution in [3.63, 3.8) is 0 Å². The number of hydrogen-bond donors (Lipinski definition) is 1. The molecule has 0 fully saturated rings. The molecule has 0 saturated heterocycles. The van der Waals surface area contributed by atoms with E-state index in [2.05, 4.69) is 65.2 Å². The average molecular weight is 270 g/mol. The van der Waals surface area contributed by atoms with Crippen molar-refractivity contribution in [3.05, 3.63) is 41.7 Å². The van der Waals surface area contributed by atoms with E-state index >= 15 is 0 Å². The Hall–Kier alpha value is -2.10. The molecule has 0 amide bonds. The molecule has 0 unspecified atom stereocenters. The number of aromatic nitrogens is 2. The normalized spacial score (nSPS) is 10.4. The monoisotopic (exact) mass is 270 g/mol. The Bertz CT molecular complexity index is 580. The fourth-order valence-electron chi connectivity index (χ4n) is 2.43. The van der Waals surface area contributed by atoms with Crippen LogP contribution in [0.25, 0.3) is 0 Å². The van der Waals surface area contributed by atoms with Crippen LogP contribution in [0.15, 0.2) is 30.6 Å². The smallest absolute Gasteiger partial charge is 0.141 e. The molecule has 2 aromatic rings. The van der Waals surface area contributed by atoms with Gasteiger partial charge in [0.15, 0.2) is 0 Å². The molecule has 20 heavy (non-hydrogen) atoms. The van der Waals surface area contributed by atoms with Crippen molar-refractivity contribution in [2.75, 3.05) is 23.8 Å². The number of rotatable bonds is 5. The van der Waals surface area contributed by atoms with Crippen LogP contribution in [-0.2, 0) is 6.42 Å². The van der Waals surface area contributed by atoms with E-state index in [4.69, 9.17) is 0 Å². The SMILES string of the molecule is CCc1c(NC)ncnc1N(CC)c1cccc(C)c1. The Morgan fingerprint density at radius 3 is 2.60 bits per heavy atom. The summed E-state index contributed by atoms with van der Waals surface area (Å²) in [5, 5.41) is 3.15. The van der Waals surface area contributed by atoms with Gasteiger partial charge in [0, 0.05) is 24.8 Å². The summed E-state index contributed by atoms with van der Waals surface area (Å²) in [6.45, 7) is 7.25. The van der Waals surface area contributed by atoms with Crippen LogP contribution in [0.3, 0.4) is 0 Å². The summed E-state index contributed by atoms with van der Waals surface area (Å²) in [6, 6.07) is 8.50. The van der Waals surface area contributed by atoms with Crippen molar-refractivity contribution in [2.24, 2.45) is 0 Å². The Kier molecular flexibility index (Phi) is 4.56. The van der Waals surface area contributed by atoms with Gasteiger partial charge in [-0.15, -0.1) is 0 Å². The highest BCUT2D eigenvalue weighted by molar-refractivity contribution is 5.67. The van der Waals surface area contributed by atoms with Gasteiger partial charge < -0.3 is 10.2 Å². The van der Waals surface area contributed by atoms with Crippen molar-refractivity contribution < 1.29 is 0 Å². The molecular formula is C16H22N4. The zero-order valence-electron chi connectivity index (χ0n) is 12.6. The first-order valence-electron chi connectivity index (χ1n) is 7.07. The van der Waals surface area contributed by atoms with Gasteiger partial charge >= 0.3 is 0 Å². The van der Waals surface area contributed by atoms with Crippen LogP contribution in [0.4, 0.5) is 17.3 Å². The molecule has 0 aliphatic heterocycles. The van der Waals surface area contributed by atoms with Crippen LogP contribution >= 0.6 is 0 Å². The zero-order chi connectivity index (χ0) is 14.5. The molecule has 0 aliphatic carbocycles. The fourth-order valence-corrected chi connectivity index (χ4v) is 2.43. The van der Waals surface area contributed by atoms with Crippen molar-refractivity contribution >= 4 is 17.3 Å². The van der Waals surface area contributed by atoms with Crippen LogP contribution in [0.2, 0.25) is 0 Å². The predicted molar refractivity (Wildman–Crippen MR) is 84.8 cm³/mol. The standard InChI is InChI=1S/C16H22N4/c1-5-14-15(17-4)18-11-19-16(14)20(6-2)13-9-7-8-12(3)10-13/h7-11H,5-6H2,1-4H3,(H,17,18,19). The summed E-state index contributed by atoms with van der Waals surface area (Å²) in [7, 11) is 1.90.